The maximum absolute atomic E-state index is 12.2. The van der Waals surface area contributed by atoms with E-state index in [0.29, 0.717) is 17.1 Å². The van der Waals surface area contributed by atoms with Crippen molar-refractivity contribution in [2.24, 2.45) is 0 Å². The van der Waals surface area contributed by atoms with Crippen molar-refractivity contribution < 1.29 is 13.2 Å². The van der Waals surface area contributed by atoms with Crippen LogP contribution in [0.1, 0.15) is 0 Å². The Morgan fingerprint density at radius 1 is 1.11 bits per heavy atom. The summed E-state index contributed by atoms with van der Waals surface area (Å²) in [4.78, 5) is 0.134. The van der Waals surface area contributed by atoms with E-state index in [0.717, 1.165) is 0 Å². The highest BCUT2D eigenvalue weighted by atomic mass is 32.2. The van der Waals surface area contributed by atoms with Gasteiger partial charge in [0.15, 0.2) is 0 Å². The molecule has 2 rings (SSSR count). The molecule has 5 nitrogen and oxygen atoms in total. The molecule has 0 bridgehead atoms. The summed E-state index contributed by atoms with van der Waals surface area (Å²) in [6.45, 7) is 0. The lowest BCUT2D eigenvalue weighted by atomic mass is 10.3. The Hall–Kier alpha value is -2.21. The highest BCUT2D eigenvalue weighted by molar-refractivity contribution is 7.92. The molecule has 0 radical (unpaired) electrons. The van der Waals surface area contributed by atoms with Gasteiger partial charge in [-0.3, -0.25) is 4.72 Å². The molecule has 6 heteroatoms. The third kappa shape index (κ3) is 3.17. The van der Waals surface area contributed by atoms with Crippen LogP contribution >= 0.6 is 0 Å². The van der Waals surface area contributed by atoms with Crippen LogP contribution in [0.25, 0.3) is 0 Å². The summed E-state index contributed by atoms with van der Waals surface area (Å²) in [5.74, 6) is 0.482. The van der Waals surface area contributed by atoms with Crippen molar-refractivity contribution in [3.63, 3.8) is 0 Å². The lowest BCUT2D eigenvalue weighted by molar-refractivity contribution is 0.413. The average molecular weight is 278 g/mol. The van der Waals surface area contributed by atoms with Gasteiger partial charge in [0.25, 0.3) is 10.0 Å². The molecule has 3 N–H and O–H groups in total. The van der Waals surface area contributed by atoms with Gasteiger partial charge in [-0.15, -0.1) is 0 Å². The monoisotopic (exact) mass is 278 g/mol. The largest absolute Gasteiger partial charge is 0.497 e. The number of nitrogens with two attached hydrogens (primary N) is 1. The van der Waals surface area contributed by atoms with E-state index in [9.17, 15) is 8.42 Å². The van der Waals surface area contributed by atoms with Crippen molar-refractivity contribution in [1.82, 2.24) is 0 Å². The first-order chi connectivity index (χ1) is 9.01. The predicted octanol–water partition coefficient (Wildman–Crippen LogP) is 2.08. The Morgan fingerprint density at radius 2 is 1.84 bits per heavy atom. The average Bonchev–Trinajstić information content (AvgIpc) is 2.38. The van der Waals surface area contributed by atoms with Gasteiger partial charge in [0.2, 0.25) is 0 Å². The van der Waals surface area contributed by atoms with E-state index in [1.807, 2.05) is 0 Å². The minimum absolute atomic E-state index is 0.134. The molecule has 0 amide bonds. The van der Waals surface area contributed by atoms with Crippen LogP contribution in [-0.4, -0.2) is 15.5 Å². The summed E-state index contributed by atoms with van der Waals surface area (Å²) in [6, 6.07) is 12.8. The van der Waals surface area contributed by atoms with Crippen molar-refractivity contribution in [1.29, 1.82) is 0 Å². The number of hydrogen-bond acceptors (Lipinski definition) is 4. The first-order valence-corrected chi connectivity index (χ1v) is 7.02. The van der Waals surface area contributed by atoms with Gasteiger partial charge in [-0.05, 0) is 30.3 Å². The van der Waals surface area contributed by atoms with E-state index < -0.39 is 10.0 Å². The molecule has 0 aliphatic rings. The third-order valence-corrected chi connectivity index (χ3v) is 3.87. The smallest absolute Gasteiger partial charge is 0.262 e. The minimum Gasteiger partial charge on any atom is -0.497 e. The number of ether oxygens (including phenoxy) is 1. The maximum Gasteiger partial charge on any atom is 0.262 e. The van der Waals surface area contributed by atoms with Gasteiger partial charge < -0.3 is 10.5 Å². The van der Waals surface area contributed by atoms with E-state index in [1.54, 1.807) is 36.4 Å². The van der Waals surface area contributed by atoms with Crippen LogP contribution in [0.3, 0.4) is 0 Å². The fourth-order valence-corrected chi connectivity index (χ4v) is 2.67. The van der Waals surface area contributed by atoms with Crippen LogP contribution < -0.4 is 15.2 Å². The second-order valence-corrected chi connectivity index (χ2v) is 5.59. The number of hydrogen-bond donors (Lipinski definition) is 2. The maximum atomic E-state index is 12.2. The van der Waals surface area contributed by atoms with Crippen molar-refractivity contribution >= 4 is 21.4 Å². The number of methoxy groups -OCH3 is 1. The normalized spacial score (nSPS) is 11.0. The van der Waals surface area contributed by atoms with Gasteiger partial charge in [0.1, 0.15) is 5.75 Å². The second kappa shape index (κ2) is 5.19. The molecule has 2 aromatic rings. The first kappa shape index (κ1) is 13.2. The molecule has 0 aromatic heterocycles. The summed E-state index contributed by atoms with van der Waals surface area (Å²) in [5, 5.41) is 0. The summed E-state index contributed by atoms with van der Waals surface area (Å²) in [5.41, 5.74) is 6.52. The molecule has 0 unspecified atom stereocenters. The Bertz CT molecular complexity index is 684. The van der Waals surface area contributed by atoms with Crippen LogP contribution in [0, 0.1) is 0 Å². The molecule has 0 fully saturated rings. The lowest BCUT2D eigenvalue weighted by Crippen LogP contribution is -2.13. The molecule has 0 saturated heterocycles. The van der Waals surface area contributed by atoms with Gasteiger partial charge in [0.05, 0.1) is 17.7 Å². The molecular formula is C13H14N2O3S. The van der Waals surface area contributed by atoms with Crippen molar-refractivity contribution in [2.45, 2.75) is 4.90 Å². The van der Waals surface area contributed by atoms with Gasteiger partial charge in [-0.2, -0.15) is 0 Å². The van der Waals surface area contributed by atoms with Crippen molar-refractivity contribution in [3.05, 3.63) is 48.5 Å². The second-order valence-electron chi connectivity index (χ2n) is 3.91. The van der Waals surface area contributed by atoms with E-state index in [4.69, 9.17) is 10.5 Å². The summed E-state index contributed by atoms with van der Waals surface area (Å²) >= 11 is 0. The third-order valence-electron chi connectivity index (χ3n) is 2.49. The highest BCUT2D eigenvalue weighted by Crippen LogP contribution is 2.21. The van der Waals surface area contributed by atoms with Gasteiger partial charge in [-0.25, -0.2) is 8.42 Å². The Labute approximate surface area is 112 Å². The Kier molecular flexibility index (Phi) is 3.62. The van der Waals surface area contributed by atoms with Gasteiger partial charge >= 0.3 is 0 Å². The minimum atomic E-state index is -3.65. The molecule has 100 valence electrons. The number of anilines is 2. The fourth-order valence-electron chi connectivity index (χ4n) is 1.58. The van der Waals surface area contributed by atoms with Crippen LogP contribution in [-0.2, 0) is 10.0 Å². The molecule has 0 spiro atoms. The van der Waals surface area contributed by atoms with Crippen LogP contribution in [0.5, 0.6) is 5.75 Å². The van der Waals surface area contributed by atoms with Crippen LogP contribution in [0.2, 0.25) is 0 Å². The number of benzene rings is 2. The Morgan fingerprint density at radius 3 is 2.53 bits per heavy atom. The van der Waals surface area contributed by atoms with E-state index >= 15 is 0 Å². The molecule has 0 saturated carbocycles. The molecule has 0 atom stereocenters. The zero-order valence-corrected chi connectivity index (χ0v) is 11.1. The fraction of sp³-hybridized carbons (Fsp3) is 0.0769. The van der Waals surface area contributed by atoms with Crippen LogP contribution in [0.4, 0.5) is 11.4 Å². The highest BCUT2D eigenvalue weighted by Gasteiger charge is 2.14. The van der Waals surface area contributed by atoms with Crippen molar-refractivity contribution in [2.75, 3.05) is 17.6 Å². The molecular weight excluding hydrogens is 264 g/mol. The zero-order chi connectivity index (χ0) is 13.9. The number of nitrogen functional groups attached to an aromatic ring is 1. The number of sulfonamides is 1. The molecule has 0 aliphatic carbocycles. The standard InChI is InChI=1S/C13H14N2O3S/c1-18-12-6-3-7-13(9-12)19(16,17)15-11-5-2-4-10(14)8-11/h2-9,15H,14H2,1H3. The molecule has 2 aromatic carbocycles. The molecule has 0 aliphatic heterocycles. The lowest BCUT2D eigenvalue weighted by Gasteiger charge is -2.09. The number of nitrogens with one attached hydrogen (secondary N) is 1. The Balaban J connectivity index is 2.32. The quantitative estimate of drug-likeness (QED) is 0.839. The summed E-state index contributed by atoms with van der Waals surface area (Å²) < 4.78 is 31.8. The molecule has 19 heavy (non-hydrogen) atoms. The molecule has 0 heterocycles. The van der Waals surface area contributed by atoms with E-state index in [2.05, 4.69) is 4.72 Å². The summed E-state index contributed by atoms with van der Waals surface area (Å²) in [6.07, 6.45) is 0. The van der Waals surface area contributed by atoms with E-state index in [1.165, 1.54) is 19.2 Å². The number of rotatable bonds is 4. The van der Waals surface area contributed by atoms with E-state index in [-0.39, 0.29) is 4.90 Å². The SMILES string of the molecule is COc1cccc(S(=O)(=O)Nc2cccc(N)c2)c1. The first-order valence-electron chi connectivity index (χ1n) is 5.54. The van der Waals surface area contributed by atoms with Crippen molar-refractivity contribution in [3.8, 4) is 5.75 Å². The van der Waals surface area contributed by atoms with Crippen LogP contribution in [0.15, 0.2) is 53.4 Å². The topological polar surface area (TPSA) is 81.4 Å². The van der Waals surface area contributed by atoms with Gasteiger partial charge in [-0.1, -0.05) is 12.1 Å². The summed E-state index contributed by atoms with van der Waals surface area (Å²) in [7, 11) is -2.17. The predicted molar refractivity (Wildman–Crippen MR) is 74.7 cm³/mol. The zero-order valence-electron chi connectivity index (χ0n) is 10.3. The van der Waals surface area contributed by atoms with Gasteiger partial charge in [0, 0.05) is 11.8 Å².